The van der Waals surface area contributed by atoms with Crippen molar-refractivity contribution in [1.29, 1.82) is 0 Å². The molecule has 0 radical (unpaired) electrons. The van der Waals surface area contributed by atoms with Crippen LogP contribution in [0.25, 0.3) is 0 Å². The van der Waals surface area contributed by atoms with Crippen LogP contribution >= 0.6 is 0 Å². The largest absolute Gasteiger partial charge is 0.465 e. The first-order valence-electron chi connectivity index (χ1n) is 7.54. The maximum absolute atomic E-state index is 11.5. The van der Waals surface area contributed by atoms with E-state index < -0.39 is 10.9 Å². The van der Waals surface area contributed by atoms with Crippen molar-refractivity contribution in [3.8, 4) is 0 Å². The highest BCUT2D eigenvalue weighted by Crippen LogP contribution is 2.28. The second-order valence-corrected chi connectivity index (χ2v) is 5.94. The number of aromatic nitrogens is 1. The Bertz CT molecular complexity index is 585. The molecule has 2 rings (SSSR count). The predicted octanol–water partition coefficient (Wildman–Crippen LogP) is 1.55. The Hall–Kier alpha value is -2.22. The van der Waals surface area contributed by atoms with Crippen molar-refractivity contribution in [1.82, 2.24) is 9.88 Å². The number of likely N-dealkylation sites (tertiary alicyclic amines) is 1. The Labute approximate surface area is 135 Å². The number of nitro groups is 1. The number of ether oxygens (including phenoxy) is 1. The minimum absolute atomic E-state index is 0.0793. The van der Waals surface area contributed by atoms with Crippen molar-refractivity contribution >= 4 is 17.5 Å². The van der Waals surface area contributed by atoms with E-state index >= 15 is 0 Å². The summed E-state index contributed by atoms with van der Waals surface area (Å²) in [6.07, 6.45) is 3.45. The molecule has 2 heterocycles. The lowest BCUT2D eigenvalue weighted by Crippen LogP contribution is -2.36. The highest BCUT2D eigenvalue weighted by Gasteiger charge is 2.25. The van der Waals surface area contributed by atoms with E-state index in [9.17, 15) is 14.9 Å². The van der Waals surface area contributed by atoms with E-state index in [2.05, 4.69) is 21.7 Å². The van der Waals surface area contributed by atoms with Crippen LogP contribution in [0.3, 0.4) is 0 Å². The summed E-state index contributed by atoms with van der Waals surface area (Å²) in [6.45, 7) is 2.78. The van der Waals surface area contributed by atoms with Crippen molar-refractivity contribution in [3.63, 3.8) is 0 Å². The molecule has 0 aliphatic carbocycles. The monoisotopic (exact) mass is 322 g/mol. The van der Waals surface area contributed by atoms with Crippen molar-refractivity contribution < 1.29 is 14.5 Å². The lowest BCUT2D eigenvalue weighted by Gasteiger charge is -2.31. The number of rotatable bonds is 5. The summed E-state index contributed by atoms with van der Waals surface area (Å²) in [5.41, 5.74) is -0.0982. The normalized spacial score (nSPS) is 16.1. The molecular weight excluding hydrogens is 300 g/mol. The lowest BCUT2D eigenvalue weighted by atomic mass is 9.96. The maximum atomic E-state index is 11.5. The zero-order valence-electron chi connectivity index (χ0n) is 13.7. The Morgan fingerprint density at radius 2 is 2.17 bits per heavy atom. The van der Waals surface area contributed by atoms with E-state index in [4.69, 9.17) is 0 Å². The van der Waals surface area contributed by atoms with E-state index in [1.165, 1.54) is 19.4 Å². The van der Waals surface area contributed by atoms with Gasteiger partial charge in [0.25, 0.3) is 0 Å². The van der Waals surface area contributed by atoms with E-state index in [0.717, 1.165) is 25.9 Å². The molecule has 0 saturated carbocycles. The van der Waals surface area contributed by atoms with Crippen LogP contribution in [0.4, 0.5) is 11.5 Å². The quantitative estimate of drug-likeness (QED) is 0.461. The van der Waals surface area contributed by atoms with Crippen molar-refractivity contribution in [2.75, 3.05) is 45.7 Å². The van der Waals surface area contributed by atoms with E-state index in [0.29, 0.717) is 12.5 Å². The van der Waals surface area contributed by atoms with Crippen molar-refractivity contribution in [3.05, 3.63) is 27.9 Å². The third kappa shape index (κ3) is 4.16. The van der Waals surface area contributed by atoms with Gasteiger partial charge in [-0.05, 0) is 38.9 Å². The van der Waals surface area contributed by atoms with Gasteiger partial charge >= 0.3 is 11.7 Å². The number of esters is 1. The Morgan fingerprint density at radius 1 is 1.52 bits per heavy atom. The van der Waals surface area contributed by atoms with Gasteiger partial charge in [0.15, 0.2) is 0 Å². The molecular formula is C15H22N4O4. The number of carbonyl (C=O) groups excluding carboxylic acids is 1. The number of hydrogen-bond acceptors (Lipinski definition) is 7. The van der Waals surface area contributed by atoms with Gasteiger partial charge in [-0.2, -0.15) is 0 Å². The first-order valence-corrected chi connectivity index (χ1v) is 7.54. The molecule has 0 N–H and O–H groups in total. The lowest BCUT2D eigenvalue weighted by molar-refractivity contribution is -0.384. The van der Waals surface area contributed by atoms with Gasteiger partial charge in [-0.15, -0.1) is 0 Å². The van der Waals surface area contributed by atoms with Gasteiger partial charge in [0, 0.05) is 25.9 Å². The van der Waals surface area contributed by atoms with Crippen LogP contribution in [-0.4, -0.2) is 61.6 Å². The second kappa shape index (κ2) is 7.36. The second-order valence-electron chi connectivity index (χ2n) is 5.94. The Kier molecular flexibility index (Phi) is 5.49. The van der Waals surface area contributed by atoms with Gasteiger partial charge < -0.3 is 14.5 Å². The average molecular weight is 322 g/mol. The first-order chi connectivity index (χ1) is 10.9. The molecule has 0 aromatic carbocycles. The fourth-order valence-corrected chi connectivity index (χ4v) is 2.82. The average Bonchev–Trinajstić information content (AvgIpc) is 2.55. The molecule has 0 spiro atoms. The predicted molar refractivity (Wildman–Crippen MR) is 85.7 cm³/mol. The summed E-state index contributed by atoms with van der Waals surface area (Å²) in [6, 6.07) is 1.22. The number of hydrogen-bond donors (Lipinski definition) is 0. The summed E-state index contributed by atoms with van der Waals surface area (Å²) in [5, 5.41) is 11.3. The van der Waals surface area contributed by atoms with Gasteiger partial charge in [-0.3, -0.25) is 10.1 Å². The van der Waals surface area contributed by atoms with E-state index in [1.54, 1.807) is 11.9 Å². The van der Waals surface area contributed by atoms with Gasteiger partial charge in [0.1, 0.15) is 0 Å². The zero-order valence-corrected chi connectivity index (χ0v) is 13.7. The Morgan fingerprint density at radius 3 is 2.74 bits per heavy atom. The molecule has 1 aromatic heterocycles. The zero-order chi connectivity index (χ0) is 17.0. The molecule has 8 nitrogen and oxygen atoms in total. The molecule has 0 atom stereocenters. The van der Waals surface area contributed by atoms with Crippen molar-refractivity contribution in [2.24, 2.45) is 5.92 Å². The number of nitrogens with zero attached hydrogens (tertiary/aromatic N) is 4. The number of methoxy groups -OCH3 is 1. The number of anilines is 1. The van der Waals surface area contributed by atoms with Gasteiger partial charge in [0.2, 0.25) is 5.82 Å². The fourth-order valence-electron chi connectivity index (χ4n) is 2.82. The summed E-state index contributed by atoms with van der Waals surface area (Å²) in [4.78, 5) is 30.5. The molecule has 1 aliphatic rings. The molecule has 1 saturated heterocycles. The molecule has 0 amide bonds. The van der Waals surface area contributed by atoms with Crippen LogP contribution in [0.1, 0.15) is 23.2 Å². The molecule has 8 heteroatoms. The summed E-state index contributed by atoms with van der Waals surface area (Å²) >= 11 is 0. The summed E-state index contributed by atoms with van der Waals surface area (Å²) < 4.78 is 4.58. The summed E-state index contributed by atoms with van der Waals surface area (Å²) in [5.74, 6) is 0.129. The molecule has 0 bridgehead atoms. The molecule has 0 unspecified atom stereocenters. The SMILES string of the molecule is COC(=O)c1cnc(N(C)CC2CCN(C)CC2)c([N+](=O)[O-])c1. The van der Waals surface area contributed by atoms with E-state index in [1.807, 2.05) is 0 Å². The highest BCUT2D eigenvalue weighted by atomic mass is 16.6. The molecule has 1 fully saturated rings. The van der Waals surface area contributed by atoms with Gasteiger partial charge in [0.05, 0.1) is 17.6 Å². The number of carbonyl (C=O) groups is 1. The smallest absolute Gasteiger partial charge is 0.339 e. The first kappa shape index (κ1) is 17.1. The van der Waals surface area contributed by atoms with Crippen molar-refractivity contribution in [2.45, 2.75) is 12.8 Å². The number of pyridine rings is 1. The van der Waals surface area contributed by atoms with Gasteiger partial charge in [-0.1, -0.05) is 0 Å². The summed E-state index contributed by atoms with van der Waals surface area (Å²) in [7, 11) is 5.12. The standard InChI is InChI=1S/C15H22N4O4/c1-17-6-4-11(5-7-17)10-18(2)14-13(19(21)22)8-12(9-16-14)15(20)23-3/h8-9,11H,4-7,10H2,1-3H3. The van der Waals surface area contributed by atoms with Crippen LogP contribution in [0.2, 0.25) is 0 Å². The van der Waals surface area contributed by atoms with Crippen LogP contribution in [-0.2, 0) is 4.74 Å². The maximum Gasteiger partial charge on any atom is 0.339 e. The van der Waals surface area contributed by atoms with Crippen LogP contribution in [0.5, 0.6) is 0 Å². The molecule has 23 heavy (non-hydrogen) atoms. The minimum atomic E-state index is -0.634. The number of piperidine rings is 1. The van der Waals surface area contributed by atoms with Crippen LogP contribution < -0.4 is 4.90 Å². The fraction of sp³-hybridized carbons (Fsp3) is 0.600. The van der Waals surface area contributed by atoms with Gasteiger partial charge in [-0.25, -0.2) is 9.78 Å². The highest BCUT2D eigenvalue weighted by molar-refractivity contribution is 5.90. The third-order valence-corrected chi connectivity index (χ3v) is 4.20. The van der Waals surface area contributed by atoms with Crippen LogP contribution in [0.15, 0.2) is 12.3 Å². The van der Waals surface area contributed by atoms with Crippen LogP contribution in [0, 0.1) is 16.0 Å². The van der Waals surface area contributed by atoms with E-state index in [-0.39, 0.29) is 17.1 Å². The topological polar surface area (TPSA) is 88.8 Å². The molecule has 1 aliphatic heterocycles. The molecule has 126 valence electrons. The Balaban J connectivity index is 2.17. The molecule has 1 aromatic rings. The minimum Gasteiger partial charge on any atom is -0.465 e. The third-order valence-electron chi connectivity index (χ3n) is 4.20.